The maximum absolute atomic E-state index is 10.9. The first kappa shape index (κ1) is 7.61. The molecule has 1 aromatic rings. The molecule has 0 fully saturated rings. The van der Waals surface area contributed by atoms with E-state index in [2.05, 4.69) is 21.2 Å². The van der Waals surface area contributed by atoms with E-state index in [-0.39, 0.29) is 12.5 Å². The van der Waals surface area contributed by atoms with Crippen LogP contribution in [-0.2, 0) is 4.79 Å². The molecule has 3 nitrogen and oxygen atoms in total. The third-order valence-corrected chi connectivity index (χ3v) is 2.07. The Kier molecular flexibility index (Phi) is 1.77. The van der Waals surface area contributed by atoms with Crippen LogP contribution in [0, 0.1) is 0 Å². The van der Waals surface area contributed by atoms with Crippen molar-refractivity contribution < 1.29 is 9.53 Å². The van der Waals surface area contributed by atoms with Crippen LogP contribution in [-0.4, -0.2) is 12.5 Å². The average Bonchev–Trinajstić information content (AvgIpc) is 2.05. The number of benzene rings is 1. The normalized spacial score (nSPS) is 14.6. The van der Waals surface area contributed by atoms with Crippen LogP contribution in [0.4, 0.5) is 5.69 Å². The second-order valence-electron chi connectivity index (χ2n) is 2.48. The van der Waals surface area contributed by atoms with Crippen LogP contribution >= 0.6 is 15.9 Å². The summed E-state index contributed by atoms with van der Waals surface area (Å²) in [5.41, 5.74) is 0.731. The van der Waals surface area contributed by atoms with Crippen LogP contribution in [0.1, 0.15) is 0 Å². The molecule has 62 valence electrons. The Morgan fingerprint density at radius 3 is 3.17 bits per heavy atom. The molecule has 12 heavy (non-hydrogen) atoms. The van der Waals surface area contributed by atoms with Crippen molar-refractivity contribution >= 4 is 27.5 Å². The summed E-state index contributed by atoms with van der Waals surface area (Å²) in [4.78, 5) is 10.9. The van der Waals surface area contributed by atoms with Crippen molar-refractivity contribution in [2.45, 2.75) is 0 Å². The second kappa shape index (κ2) is 2.79. The van der Waals surface area contributed by atoms with E-state index in [1.54, 1.807) is 6.07 Å². The fraction of sp³-hybridized carbons (Fsp3) is 0.125. The van der Waals surface area contributed by atoms with Gasteiger partial charge in [-0.1, -0.05) is 15.9 Å². The number of carbonyl (C=O) groups excluding carboxylic acids is 1. The molecule has 4 heteroatoms. The van der Waals surface area contributed by atoms with Gasteiger partial charge in [0.2, 0.25) is 0 Å². The number of rotatable bonds is 0. The number of amides is 1. The molecule has 1 amide bonds. The summed E-state index contributed by atoms with van der Waals surface area (Å²) in [6.07, 6.45) is 0. The van der Waals surface area contributed by atoms with Gasteiger partial charge in [0.25, 0.3) is 5.91 Å². The van der Waals surface area contributed by atoms with Gasteiger partial charge in [0, 0.05) is 4.47 Å². The zero-order valence-corrected chi connectivity index (χ0v) is 7.72. The van der Waals surface area contributed by atoms with Gasteiger partial charge < -0.3 is 10.1 Å². The highest BCUT2D eigenvalue weighted by molar-refractivity contribution is 9.10. The Morgan fingerprint density at radius 1 is 1.50 bits per heavy atom. The quantitative estimate of drug-likeness (QED) is 0.734. The van der Waals surface area contributed by atoms with E-state index in [9.17, 15) is 4.79 Å². The van der Waals surface area contributed by atoms with Crippen molar-refractivity contribution in [2.75, 3.05) is 11.9 Å². The largest absolute Gasteiger partial charge is 0.482 e. The van der Waals surface area contributed by atoms with Gasteiger partial charge in [0.05, 0.1) is 5.69 Å². The monoisotopic (exact) mass is 227 g/mol. The topological polar surface area (TPSA) is 38.3 Å². The lowest BCUT2D eigenvalue weighted by atomic mass is 10.2. The first-order chi connectivity index (χ1) is 5.75. The van der Waals surface area contributed by atoms with Crippen LogP contribution < -0.4 is 10.1 Å². The molecule has 0 radical (unpaired) electrons. The van der Waals surface area contributed by atoms with Gasteiger partial charge in [-0.25, -0.2) is 0 Å². The van der Waals surface area contributed by atoms with Gasteiger partial charge in [0.1, 0.15) is 5.75 Å². The van der Waals surface area contributed by atoms with E-state index >= 15 is 0 Å². The van der Waals surface area contributed by atoms with Gasteiger partial charge in [0.15, 0.2) is 6.61 Å². The third-order valence-electron chi connectivity index (χ3n) is 1.58. The fourth-order valence-corrected chi connectivity index (χ4v) is 1.39. The zero-order valence-electron chi connectivity index (χ0n) is 6.13. The highest BCUT2D eigenvalue weighted by atomic mass is 79.9. The van der Waals surface area contributed by atoms with Crippen molar-refractivity contribution in [3.05, 3.63) is 22.7 Å². The van der Waals surface area contributed by atoms with Gasteiger partial charge >= 0.3 is 0 Å². The van der Waals surface area contributed by atoms with Crippen LogP contribution in [0.2, 0.25) is 0 Å². The van der Waals surface area contributed by atoms with E-state index in [0.717, 1.165) is 10.2 Å². The lowest BCUT2D eigenvalue weighted by molar-refractivity contribution is -0.118. The smallest absolute Gasteiger partial charge is 0.262 e. The molecule has 2 rings (SSSR count). The van der Waals surface area contributed by atoms with Crippen LogP contribution in [0.5, 0.6) is 5.75 Å². The van der Waals surface area contributed by atoms with Gasteiger partial charge in [-0.3, -0.25) is 4.79 Å². The van der Waals surface area contributed by atoms with Gasteiger partial charge in [-0.2, -0.15) is 0 Å². The molecular formula is C8H6BrNO2. The summed E-state index contributed by atoms with van der Waals surface area (Å²) in [6.45, 7) is 0.101. The molecule has 0 aromatic heterocycles. The van der Waals surface area contributed by atoms with Crippen LogP contribution in [0.3, 0.4) is 0 Å². The molecule has 0 saturated heterocycles. The molecule has 1 aromatic carbocycles. The summed E-state index contributed by atoms with van der Waals surface area (Å²) in [7, 11) is 0. The average molecular weight is 228 g/mol. The van der Waals surface area contributed by atoms with Crippen molar-refractivity contribution in [1.29, 1.82) is 0 Å². The van der Waals surface area contributed by atoms with Crippen LogP contribution in [0.25, 0.3) is 0 Å². The third kappa shape index (κ3) is 1.30. The maximum Gasteiger partial charge on any atom is 0.262 e. The number of carbonyl (C=O) groups is 1. The van der Waals surface area contributed by atoms with E-state index in [1.165, 1.54) is 0 Å². The summed E-state index contributed by atoms with van der Waals surface area (Å²) in [5.74, 6) is 0.605. The van der Waals surface area contributed by atoms with Gasteiger partial charge in [-0.15, -0.1) is 0 Å². The van der Waals surface area contributed by atoms with E-state index < -0.39 is 0 Å². The second-order valence-corrected chi connectivity index (χ2v) is 3.39. The molecule has 0 unspecified atom stereocenters. The Hall–Kier alpha value is -1.03. The Morgan fingerprint density at radius 2 is 2.33 bits per heavy atom. The molecule has 0 saturated carbocycles. The van der Waals surface area contributed by atoms with Crippen LogP contribution in [0.15, 0.2) is 22.7 Å². The number of fused-ring (bicyclic) bond motifs is 1. The molecular weight excluding hydrogens is 222 g/mol. The molecule has 0 aliphatic carbocycles. The molecule has 1 heterocycles. The number of halogens is 1. The standard InChI is InChI=1S/C8H6BrNO2/c9-5-1-2-6-7(3-5)12-4-8(11)10-6/h1-3H,4H2,(H,10,11). The van der Waals surface area contributed by atoms with Crippen molar-refractivity contribution in [3.63, 3.8) is 0 Å². The first-order valence-electron chi connectivity index (χ1n) is 3.48. The highest BCUT2D eigenvalue weighted by Crippen LogP contribution is 2.30. The Balaban J connectivity index is 2.43. The predicted octanol–water partition coefficient (Wildman–Crippen LogP) is 1.78. The number of hydrogen-bond acceptors (Lipinski definition) is 2. The summed E-state index contributed by atoms with van der Waals surface area (Å²) >= 11 is 3.31. The van der Waals surface area contributed by atoms with E-state index in [1.807, 2.05) is 12.1 Å². The lowest BCUT2D eigenvalue weighted by Gasteiger charge is -2.17. The van der Waals surface area contributed by atoms with Crippen molar-refractivity contribution in [3.8, 4) is 5.75 Å². The SMILES string of the molecule is O=C1COc2cc(Br)ccc2N1. The lowest BCUT2D eigenvalue weighted by Crippen LogP contribution is -2.25. The number of nitrogens with one attached hydrogen (secondary N) is 1. The van der Waals surface area contributed by atoms with Crippen molar-refractivity contribution in [1.82, 2.24) is 0 Å². The van der Waals surface area contributed by atoms with Gasteiger partial charge in [-0.05, 0) is 18.2 Å². The Bertz CT molecular complexity index is 338. The zero-order chi connectivity index (χ0) is 8.55. The van der Waals surface area contributed by atoms with E-state index in [0.29, 0.717) is 5.75 Å². The molecule has 1 N–H and O–H groups in total. The molecule has 0 atom stereocenters. The summed E-state index contributed by atoms with van der Waals surface area (Å²) in [6, 6.07) is 5.49. The molecule has 1 aliphatic rings. The highest BCUT2D eigenvalue weighted by Gasteiger charge is 2.14. The van der Waals surface area contributed by atoms with E-state index in [4.69, 9.17) is 4.74 Å². The molecule has 0 spiro atoms. The minimum absolute atomic E-state index is 0.101. The molecule has 0 bridgehead atoms. The minimum atomic E-state index is -0.107. The number of hydrogen-bond donors (Lipinski definition) is 1. The predicted molar refractivity (Wildman–Crippen MR) is 48.3 cm³/mol. The Labute approximate surface area is 77.8 Å². The molecule has 1 aliphatic heterocycles. The number of anilines is 1. The minimum Gasteiger partial charge on any atom is -0.482 e. The number of ether oxygens (including phenoxy) is 1. The summed E-state index contributed by atoms with van der Waals surface area (Å²) < 4.78 is 6.12. The maximum atomic E-state index is 10.9. The fourth-order valence-electron chi connectivity index (χ4n) is 1.05. The van der Waals surface area contributed by atoms with Crippen molar-refractivity contribution in [2.24, 2.45) is 0 Å². The first-order valence-corrected chi connectivity index (χ1v) is 4.27. The summed E-state index contributed by atoms with van der Waals surface area (Å²) in [5, 5.41) is 2.70.